The Labute approximate surface area is 162 Å². The third kappa shape index (κ3) is 7.11. The second-order valence-electron chi connectivity index (χ2n) is 5.54. The minimum atomic E-state index is -3.04. The summed E-state index contributed by atoms with van der Waals surface area (Å²) in [6.45, 7) is 0. The molecule has 0 heterocycles. The molecule has 4 nitrogen and oxygen atoms in total. The van der Waals surface area contributed by atoms with Crippen LogP contribution in [0.4, 0.5) is 8.63 Å². The molecule has 0 fully saturated rings. The first-order chi connectivity index (χ1) is 13.5. The Morgan fingerprint density at radius 3 is 1.71 bits per heavy atom. The maximum Gasteiger partial charge on any atom is 0.796 e. The van der Waals surface area contributed by atoms with E-state index < -0.39 is 13.3 Å². The molecule has 0 aromatic heterocycles. The van der Waals surface area contributed by atoms with Gasteiger partial charge in [-0.25, -0.2) is 8.63 Å². The van der Waals surface area contributed by atoms with Crippen molar-refractivity contribution in [3.8, 4) is 11.5 Å². The molecule has 0 N–H and O–H groups in total. The van der Waals surface area contributed by atoms with Crippen molar-refractivity contribution in [3.05, 3.63) is 83.6 Å². The van der Waals surface area contributed by atoms with Gasteiger partial charge in [0.15, 0.2) is 5.78 Å². The van der Waals surface area contributed by atoms with Gasteiger partial charge in [-0.05, 0) is 47.5 Å². The molecule has 0 aliphatic heterocycles. The Morgan fingerprint density at radius 2 is 1.29 bits per heavy atom. The summed E-state index contributed by atoms with van der Waals surface area (Å²) in [6, 6.07) is 14.0. The fourth-order valence-corrected chi connectivity index (χ4v) is 2.20. The predicted octanol–water partition coefficient (Wildman–Crippen LogP) is 4.82. The number of ketones is 1. The fourth-order valence-electron chi connectivity index (χ4n) is 2.20. The number of carbonyl (C=O) groups is 1. The van der Waals surface area contributed by atoms with Gasteiger partial charge in [0.05, 0.1) is 14.2 Å². The molecule has 28 heavy (non-hydrogen) atoms. The summed E-state index contributed by atoms with van der Waals surface area (Å²) >= 11 is 0. The van der Waals surface area contributed by atoms with Crippen LogP contribution in [-0.4, -0.2) is 27.5 Å². The largest absolute Gasteiger partial charge is 0.796 e. The normalized spacial score (nSPS) is 11.6. The number of allylic oxidation sites excluding steroid dienone is 3. The van der Waals surface area contributed by atoms with Gasteiger partial charge in [0, 0.05) is 6.08 Å². The van der Waals surface area contributed by atoms with Crippen molar-refractivity contribution in [3.63, 3.8) is 0 Å². The number of hydrogen-bond donors (Lipinski definition) is 0. The van der Waals surface area contributed by atoms with Gasteiger partial charge in [0.25, 0.3) is 0 Å². The first-order valence-corrected chi connectivity index (χ1v) is 8.35. The average Bonchev–Trinajstić information content (AvgIpc) is 2.71. The van der Waals surface area contributed by atoms with Gasteiger partial charge in [0.1, 0.15) is 17.3 Å². The molecule has 2 aromatic carbocycles. The smallest absolute Gasteiger partial charge is 0.505 e. The molecule has 7 heteroatoms. The van der Waals surface area contributed by atoms with E-state index in [9.17, 15) is 13.4 Å². The van der Waals surface area contributed by atoms with Crippen molar-refractivity contribution >= 4 is 25.4 Å². The van der Waals surface area contributed by atoms with E-state index in [2.05, 4.69) is 4.65 Å². The maximum atomic E-state index is 12.6. The third-order valence-corrected chi connectivity index (χ3v) is 3.62. The zero-order chi connectivity index (χ0) is 20.4. The molecule has 0 radical (unpaired) electrons. The molecule has 0 saturated carbocycles. The Morgan fingerprint density at radius 1 is 0.821 bits per heavy atom. The maximum absolute atomic E-state index is 12.6. The lowest BCUT2D eigenvalue weighted by Gasteiger charge is -2.03. The van der Waals surface area contributed by atoms with Gasteiger partial charge in [-0.15, -0.1) is 0 Å². The molecule has 0 bridgehead atoms. The zero-order valence-corrected chi connectivity index (χ0v) is 15.5. The summed E-state index contributed by atoms with van der Waals surface area (Å²) in [5.74, 6) is 0.649. The van der Waals surface area contributed by atoms with Crippen LogP contribution in [0.5, 0.6) is 11.5 Å². The molecular formula is C21H19BF2O4. The molecule has 0 saturated heterocycles. The monoisotopic (exact) mass is 384 g/mol. The van der Waals surface area contributed by atoms with Crippen LogP contribution in [0.3, 0.4) is 0 Å². The number of ether oxygens (including phenoxy) is 2. The Balaban J connectivity index is 2.10. The van der Waals surface area contributed by atoms with Crippen LogP contribution >= 0.6 is 0 Å². The molecule has 0 aliphatic rings. The van der Waals surface area contributed by atoms with Crippen molar-refractivity contribution < 1.29 is 27.6 Å². The van der Waals surface area contributed by atoms with Crippen LogP contribution in [-0.2, 0) is 9.45 Å². The van der Waals surface area contributed by atoms with Crippen LogP contribution in [0, 0.1) is 0 Å². The highest BCUT2D eigenvalue weighted by molar-refractivity contribution is 6.35. The number of benzene rings is 2. The Hall–Kier alpha value is -3.35. The van der Waals surface area contributed by atoms with Crippen molar-refractivity contribution in [2.45, 2.75) is 0 Å². The van der Waals surface area contributed by atoms with Crippen molar-refractivity contribution in [2.75, 3.05) is 14.2 Å². The van der Waals surface area contributed by atoms with Gasteiger partial charge in [-0.2, -0.15) is 0 Å². The van der Waals surface area contributed by atoms with Crippen LogP contribution in [0.2, 0.25) is 0 Å². The second kappa shape index (κ2) is 10.7. The van der Waals surface area contributed by atoms with Gasteiger partial charge in [-0.1, -0.05) is 36.4 Å². The summed E-state index contributed by atoms with van der Waals surface area (Å²) in [7, 11) is 0.0706. The summed E-state index contributed by atoms with van der Waals surface area (Å²) < 4.78 is 39.8. The van der Waals surface area contributed by atoms with E-state index in [4.69, 9.17) is 9.47 Å². The van der Waals surface area contributed by atoms with Crippen LogP contribution in [0.15, 0.2) is 72.5 Å². The number of halogens is 2. The molecule has 144 valence electrons. The number of hydrogen-bond acceptors (Lipinski definition) is 4. The van der Waals surface area contributed by atoms with Crippen LogP contribution < -0.4 is 9.47 Å². The average molecular weight is 384 g/mol. The topological polar surface area (TPSA) is 44.8 Å². The third-order valence-electron chi connectivity index (χ3n) is 3.62. The van der Waals surface area contributed by atoms with Crippen molar-refractivity contribution in [1.29, 1.82) is 0 Å². The Bertz CT molecular complexity index is 857. The Kier molecular flexibility index (Phi) is 8.02. The molecule has 0 unspecified atom stereocenters. The van der Waals surface area contributed by atoms with E-state index in [1.54, 1.807) is 74.9 Å². The predicted molar refractivity (Wildman–Crippen MR) is 106 cm³/mol. The van der Waals surface area contributed by atoms with E-state index in [0.29, 0.717) is 11.5 Å². The number of rotatable bonds is 9. The van der Waals surface area contributed by atoms with Gasteiger partial charge < -0.3 is 14.1 Å². The quantitative estimate of drug-likeness (QED) is 0.269. The van der Waals surface area contributed by atoms with E-state index in [-0.39, 0.29) is 5.76 Å². The molecule has 2 rings (SSSR count). The van der Waals surface area contributed by atoms with Crippen LogP contribution in [0.25, 0.3) is 12.2 Å². The standard InChI is InChI=1S/C21H19BF2O4/c1-26-19-10-4-16(5-11-19)3-9-18(25)15-21(28-22(23)24)14-8-17-6-12-20(27-2)13-7-17/h3-15H,1-2H3/b9-3+,14-8+,21-15-. The van der Waals surface area contributed by atoms with Gasteiger partial charge in [0.2, 0.25) is 0 Å². The highest BCUT2D eigenvalue weighted by Gasteiger charge is 2.18. The number of methoxy groups -OCH3 is 2. The lowest BCUT2D eigenvalue weighted by molar-refractivity contribution is -0.110. The van der Waals surface area contributed by atoms with Crippen molar-refractivity contribution in [1.82, 2.24) is 0 Å². The zero-order valence-electron chi connectivity index (χ0n) is 15.5. The minimum Gasteiger partial charge on any atom is -0.505 e. The van der Waals surface area contributed by atoms with E-state index in [0.717, 1.165) is 17.2 Å². The molecule has 0 spiro atoms. The fraction of sp³-hybridized carbons (Fsp3) is 0.0952. The van der Waals surface area contributed by atoms with E-state index in [1.165, 1.54) is 12.2 Å². The SMILES string of the molecule is COc1ccc(/C=C/C(=O)/C=C(/C=C/c2ccc(OC)cc2)OB(F)F)cc1. The summed E-state index contributed by atoms with van der Waals surface area (Å²) in [5.41, 5.74) is 1.51. The highest BCUT2D eigenvalue weighted by Crippen LogP contribution is 2.15. The lowest BCUT2D eigenvalue weighted by Crippen LogP contribution is -2.04. The first kappa shape index (κ1) is 21.0. The van der Waals surface area contributed by atoms with Gasteiger partial charge >= 0.3 is 7.47 Å². The molecule has 2 aromatic rings. The number of carbonyl (C=O) groups excluding carboxylic acids is 1. The van der Waals surface area contributed by atoms with Gasteiger partial charge in [-0.3, -0.25) is 4.79 Å². The summed E-state index contributed by atoms with van der Waals surface area (Å²) in [4.78, 5) is 12.1. The molecular weight excluding hydrogens is 365 g/mol. The van der Waals surface area contributed by atoms with Crippen LogP contribution in [0.1, 0.15) is 11.1 Å². The molecule has 0 aliphatic carbocycles. The lowest BCUT2D eigenvalue weighted by atomic mass is 10.1. The van der Waals surface area contributed by atoms with E-state index >= 15 is 0 Å². The van der Waals surface area contributed by atoms with Crippen molar-refractivity contribution in [2.24, 2.45) is 0 Å². The summed E-state index contributed by atoms with van der Waals surface area (Å²) in [5, 5.41) is 0. The highest BCUT2D eigenvalue weighted by atomic mass is 19.2. The summed E-state index contributed by atoms with van der Waals surface area (Å²) in [6.07, 6.45) is 6.73. The molecule has 0 amide bonds. The second-order valence-corrected chi connectivity index (χ2v) is 5.54. The van der Waals surface area contributed by atoms with E-state index in [1.807, 2.05) is 0 Å². The first-order valence-electron chi connectivity index (χ1n) is 8.35. The molecule has 0 atom stereocenters. The minimum absolute atomic E-state index is 0.241.